The van der Waals surface area contributed by atoms with Crippen molar-refractivity contribution in [3.8, 4) is 0 Å². The van der Waals surface area contributed by atoms with E-state index in [1.165, 1.54) is 30.8 Å². The molecule has 0 aromatic carbocycles. The van der Waals surface area contributed by atoms with Crippen LogP contribution in [0.3, 0.4) is 0 Å². The van der Waals surface area contributed by atoms with Crippen LogP contribution in [0, 0.1) is 5.92 Å². The number of thiophene rings is 1. The van der Waals surface area contributed by atoms with Crippen LogP contribution < -0.4 is 10.6 Å². The summed E-state index contributed by atoms with van der Waals surface area (Å²) >= 11 is 1.84. The number of piperidine rings is 1. The minimum absolute atomic E-state index is 0. The fraction of sp³-hybridized carbons (Fsp3) is 0.650. The van der Waals surface area contributed by atoms with E-state index in [1.54, 1.807) is 6.33 Å². The average molecular weight is 532 g/mol. The molecule has 3 heterocycles. The van der Waals surface area contributed by atoms with E-state index in [0.29, 0.717) is 12.6 Å². The molecule has 1 atom stereocenters. The van der Waals surface area contributed by atoms with Crippen LogP contribution >= 0.6 is 35.3 Å². The van der Waals surface area contributed by atoms with Crippen molar-refractivity contribution in [1.29, 1.82) is 0 Å². The molecular formula is C20H34IN7S. The van der Waals surface area contributed by atoms with Gasteiger partial charge in [0.05, 0.1) is 6.04 Å². The van der Waals surface area contributed by atoms with Crippen LogP contribution in [0.2, 0.25) is 0 Å². The van der Waals surface area contributed by atoms with Crippen molar-refractivity contribution in [2.75, 3.05) is 26.2 Å². The van der Waals surface area contributed by atoms with Crippen molar-refractivity contribution in [2.24, 2.45) is 10.9 Å². The predicted octanol–water partition coefficient (Wildman–Crippen LogP) is 3.51. The SMILES string of the molecule is CCNC(=NCc1nncn1CC)NCC(c1cccs1)N1CCC(C)CC1.I. The summed E-state index contributed by atoms with van der Waals surface area (Å²) in [4.78, 5) is 8.77. The Bertz CT molecular complexity index is 723. The highest BCUT2D eigenvalue weighted by atomic mass is 127. The van der Waals surface area contributed by atoms with Crippen molar-refractivity contribution in [2.45, 2.75) is 52.7 Å². The maximum Gasteiger partial charge on any atom is 0.191 e. The molecule has 0 amide bonds. The summed E-state index contributed by atoms with van der Waals surface area (Å²) in [5.41, 5.74) is 0. The third kappa shape index (κ3) is 6.92. The van der Waals surface area contributed by atoms with Gasteiger partial charge >= 0.3 is 0 Å². The van der Waals surface area contributed by atoms with E-state index >= 15 is 0 Å². The number of guanidine groups is 1. The van der Waals surface area contributed by atoms with Crippen LogP contribution in [0.25, 0.3) is 0 Å². The van der Waals surface area contributed by atoms with Crippen LogP contribution in [0.1, 0.15) is 50.4 Å². The van der Waals surface area contributed by atoms with Crippen LogP contribution in [-0.4, -0.2) is 51.8 Å². The third-order valence-corrected chi connectivity index (χ3v) is 6.33. The highest BCUT2D eigenvalue weighted by molar-refractivity contribution is 14.0. The Balaban J connectivity index is 0.00000300. The van der Waals surface area contributed by atoms with Gasteiger partial charge < -0.3 is 15.2 Å². The molecule has 0 bridgehead atoms. The first kappa shape index (κ1) is 24.1. The Hall–Kier alpha value is -1.20. The molecular weight excluding hydrogens is 497 g/mol. The Kier molecular flexibility index (Phi) is 10.4. The van der Waals surface area contributed by atoms with E-state index in [4.69, 9.17) is 4.99 Å². The van der Waals surface area contributed by atoms with Crippen molar-refractivity contribution in [3.63, 3.8) is 0 Å². The number of nitrogens with one attached hydrogen (secondary N) is 2. The lowest BCUT2D eigenvalue weighted by atomic mass is 9.97. The third-order valence-electron chi connectivity index (χ3n) is 5.35. The van der Waals surface area contributed by atoms with E-state index in [9.17, 15) is 0 Å². The number of aromatic nitrogens is 3. The van der Waals surface area contributed by atoms with Crippen LogP contribution in [0.5, 0.6) is 0 Å². The van der Waals surface area contributed by atoms with Crippen molar-refractivity contribution < 1.29 is 0 Å². The number of rotatable bonds is 8. The second-order valence-corrected chi connectivity index (χ2v) is 8.34. The molecule has 0 aliphatic carbocycles. The number of likely N-dealkylation sites (tertiary alicyclic amines) is 1. The lowest BCUT2D eigenvalue weighted by Gasteiger charge is -2.36. The summed E-state index contributed by atoms with van der Waals surface area (Å²) in [6.07, 6.45) is 4.32. The highest BCUT2D eigenvalue weighted by Crippen LogP contribution is 2.29. The molecule has 2 aromatic rings. The Morgan fingerprint density at radius 3 is 2.76 bits per heavy atom. The molecule has 1 aliphatic heterocycles. The highest BCUT2D eigenvalue weighted by Gasteiger charge is 2.25. The first-order valence-corrected chi connectivity index (χ1v) is 11.3. The first-order valence-electron chi connectivity index (χ1n) is 10.4. The van der Waals surface area contributed by atoms with Gasteiger partial charge in [0, 0.05) is 24.5 Å². The number of aliphatic imine (C=N–C) groups is 1. The van der Waals surface area contributed by atoms with Gasteiger partial charge in [0.15, 0.2) is 11.8 Å². The van der Waals surface area contributed by atoms with Gasteiger partial charge in [-0.25, -0.2) is 4.99 Å². The largest absolute Gasteiger partial charge is 0.357 e. The molecule has 162 valence electrons. The maximum atomic E-state index is 4.73. The lowest BCUT2D eigenvalue weighted by molar-refractivity contribution is 0.140. The normalized spacial score (nSPS) is 17.0. The molecule has 1 aliphatic rings. The molecule has 0 saturated carbocycles. The van der Waals surface area contributed by atoms with E-state index in [-0.39, 0.29) is 24.0 Å². The van der Waals surface area contributed by atoms with Gasteiger partial charge in [0.1, 0.15) is 12.9 Å². The van der Waals surface area contributed by atoms with Gasteiger partial charge in [-0.1, -0.05) is 13.0 Å². The quantitative estimate of drug-likeness (QED) is 0.310. The molecule has 1 unspecified atom stereocenters. The first-order chi connectivity index (χ1) is 13.7. The van der Waals surface area contributed by atoms with Gasteiger partial charge in [0.25, 0.3) is 0 Å². The second-order valence-electron chi connectivity index (χ2n) is 7.36. The molecule has 29 heavy (non-hydrogen) atoms. The minimum atomic E-state index is 0. The number of nitrogens with zero attached hydrogens (tertiary/aromatic N) is 5. The number of halogens is 1. The Morgan fingerprint density at radius 1 is 1.31 bits per heavy atom. The summed E-state index contributed by atoms with van der Waals surface area (Å²) in [7, 11) is 0. The van der Waals surface area contributed by atoms with Gasteiger partial charge in [0.2, 0.25) is 0 Å². The molecule has 7 nitrogen and oxygen atoms in total. The lowest BCUT2D eigenvalue weighted by Crippen LogP contribution is -2.45. The van der Waals surface area contributed by atoms with Gasteiger partial charge in [-0.2, -0.15) is 0 Å². The smallest absolute Gasteiger partial charge is 0.191 e. The average Bonchev–Trinajstić information content (AvgIpc) is 3.39. The fourth-order valence-electron chi connectivity index (χ4n) is 3.58. The second kappa shape index (κ2) is 12.5. The van der Waals surface area contributed by atoms with Crippen molar-refractivity contribution in [3.05, 3.63) is 34.5 Å². The van der Waals surface area contributed by atoms with Gasteiger partial charge in [-0.15, -0.1) is 45.5 Å². The zero-order valence-electron chi connectivity index (χ0n) is 17.7. The van der Waals surface area contributed by atoms with Crippen LogP contribution in [-0.2, 0) is 13.1 Å². The minimum Gasteiger partial charge on any atom is -0.357 e. The molecule has 3 rings (SSSR count). The maximum absolute atomic E-state index is 4.73. The van der Waals surface area contributed by atoms with E-state index in [1.807, 2.05) is 15.9 Å². The molecule has 1 saturated heterocycles. The Labute approximate surface area is 195 Å². The summed E-state index contributed by atoms with van der Waals surface area (Å²) < 4.78 is 2.02. The summed E-state index contributed by atoms with van der Waals surface area (Å²) in [5, 5.41) is 17.3. The summed E-state index contributed by atoms with van der Waals surface area (Å²) in [6.45, 7) is 11.9. The molecule has 9 heteroatoms. The monoisotopic (exact) mass is 531 g/mol. The molecule has 2 N–H and O–H groups in total. The summed E-state index contributed by atoms with van der Waals surface area (Å²) in [5.74, 6) is 2.56. The van der Waals surface area contributed by atoms with Gasteiger partial charge in [-0.05, 0) is 57.1 Å². The van der Waals surface area contributed by atoms with Crippen molar-refractivity contribution in [1.82, 2.24) is 30.3 Å². The van der Waals surface area contributed by atoms with Crippen LogP contribution in [0.15, 0.2) is 28.8 Å². The zero-order valence-corrected chi connectivity index (χ0v) is 20.8. The Morgan fingerprint density at radius 2 is 2.10 bits per heavy atom. The molecule has 1 fully saturated rings. The number of hydrogen-bond donors (Lipinski definition) is 2. The number of aryl methyl sites for hydroxylation is 1. The predicted molar refractivity (Wildman–Crippen MR) is 131 cm³/mol. The number of hydrogen-bond acceptors (Lipinski definition) is 5. The van der Waals surface area contributed by atoms with E-state index < -0.39 is 0 Å². The standard InChI is InChI=1S/C20H33N7S.HI/c1-4-21-20(23-14-19-25-24-15-26(19)5-2)22-13-17(18-7-6-12-28-18)27-10-8-16(3)9-11-27;/h6-7,12,15-17H,4-5,8-11,13-14H2,1-3H3,(H2,21,22,23);1H. The van der Waals surface area contributed by atoms with Gasteiger partial charge in [-0.3, -0.25) is 4.90 Å². The molecule has 2 aromatic heterocycles. The molecule has 0 radical (unpaired) electrons. The zero-order chi connectivity index (χ0) is 19.8. The summed E-state index contributed by atoms with van der Waals surface area (Å²) in [6, 6.07) is 4.79. The topological polar surface area (TPSA) is 70.4 Å². The van der Waals surface area contributed by atoms with Crippen LogP contribution in [0.4, 0.5) is 0 Å². The van der Waals surface area contributed by atoms with E-state index in [0.717, 1.165) is 37.3 Å². The fourth-order valence-corrected chi connectivity index (χ4v) is 4.44. The molecule has 0 spiro atoms. The van der Waals surface area contributed by atoms with E-state index in [2.05, 4.69) is 64.0 Å². The van der Waals surface area contributed by atoms with Crippen molar-refractivity contribution >= 4 is 41.3 Å².